The van der Waals surface area contributed by atoms with E-state index in [0.29, 0.717) is 0 Å². The summed E-state index contributed by atoms with van der Waals surface area (Å²) in [6.45, 7) is -1.01. The second kappa shape index (κ2) is 22.0. The van der Waals surface area contributed by atoms with Crippen LogP contribution in [-0.4, -0.2) is 137 Å². The van der Waals surface area contributed by atoms with Gasteiger partial charge in [-0.1, -0.05) is 0 Å². The van der Waals surface area contributed by atoms with Crippen LogP contribution >= 0.6 is 0 Å². The zero-order chi connectivity index (χ0) is 32.9. The summed E-state index contributed by atoms with van der Waals surface area (Å²) in [6.07, 6.45) is -2.11. The number of nitrogens with zero attached hydrogens (tertiary/aromatic N) is 1. The van der Waals surface area contributed by atoms with E-state index in [1.807, 2.05) is 0 Å². The predicted octanol–water partition coefficient (Wildman–Crippen LogP) is -2.06. The smallest absolute Gasteiger partial charge is 0.321 e. The first-order valence-electron chi connectivity index (χ1n) is 11.1. The molecule has 10 N–H and O–H groups in total. The van der Waals surface area contributed by atoms with Gasteiger partial charge in [0.1, 0.15) is 12.1 Å². The van der Waals surface area contributed by atoms with Gasteiger partial charge in [-0.25, -0.2) is 0 Å². The summed E-state index contributed by atoms with van der Waals surface area (Å²) < 4.78 is 0. The molecule has 0 saturated heterocycles. The Morgan fingerprint density at radius 1 is 0.561 bits per heavy atom. The van der Waals surface area contributed by atoms with Crippen LogP contribution in [0.25, 0.3) is 0 Å². The lowest BCUT2D eigenvalue weighted by Gasteiger charge is -2.20. The topological polar surface area (TPSA) is 351 Å². The highest BCUT2D eigenvalue weighted by Gasteiger charge is 2.26. The van der Waals surface area contributed by atoms with E-state index in [-0.39, 0.29) is 25.7 Å². The molecule has 0 bridgehead atoms. The third-order valence-electron chi connectivity index (χ3n) is 4.49. The fraction of sp³-hybridized carbons (Fsp3) is 0.571. The van der Waals surface area contributed by atoms with Gasteiger partial charge in [0.25, 0.3) is 0 Å². The van der Waals surface area contributed by atoms with Crippen LogP contribution in [0.5, 0.6) is 0 Å². The Hall–Kier alpha value is -4.85. The van der Waals surface area contributed by atoms with Crippen LogP contribution in [0.15, 0.2) is 0 Å². The van der Waals surface area contributed by atoms with Gasteiger partial charge >= 0.3 is 53.7 Å². The lowest BCUT2D eigenvalue weighted by Crippen LogP contribution is -2.42. The Bertz CT molecular complexity index is 931. The average Bonchev–Trinajstić information content (AvgIpc) is 2.79. The highest BCUT2D eigenvalue weighted by molar-refractivity contribution is 5.81. The SMILES string of the molecule is CN(CC(=O)O)C(CC(=O)O)C(=O)O.O=C(O)CCC(CC(=O)O)C(=O)O.O=C(O)CCC(NCC(=O)O)C(=O)O. The van der Waals surface area contributed by atoms with Crippen LogP contribution in [0.4, 0.5) is 0 Å². The summed E-state index contributed by atoms with van der Waals surface area (Å²) in [5.41, 5.74) is 0. The van der Waals surface area contributed by atoms with Gasteiger partial charge in [0.05, 0.1) is 31.8 Å². The molecule has 3 unspecified atom stereocenters. The number of carbonyl (C=O) groups is 9. The summed E-state index contributed by atoms with van der Waals surface area (Å²) in [5.74, 6) is -12.2. The third-order valence-corrected chi connectivity index (χ3v) is 4.49. The van der Waals surface area contributed by atoms with Crippen molar-refractivity contribution in [2.45, 2.75) is 50.6 Å². The van der Waals surface area contributed by atoms with E-state index in [4.69, 9.17) is 46.0 Å². The average molecular weight is 600 g/mol. The second-order valence-corrected chi connectivity index (χ2v) is 7.92. The molecule has 41 heavy (non-hydrogen) atoms. The van der Waals surface area contributed by atoms with Crippen molar-refractivity contribution in [3.05, 3.63) is 0 Å². The maximum absolute atomic E-state index is 10.6. The van der Waals surface area contributed by atoms with E-state index in [9.17, 15) is 43.2 Å². The quantitative estimate of drug-likeness (QED) is 0.0761. The van der Waals surface area contributed by atoms with Crippen LogP contribution in [0, 0.1) is 5.92 Å². The van der Waals surface area contributed by atoms with Crippen LogP contribution in [-0.2, 0) is 43.2 Å². The highest BCUT2D eigenvalue weighted by atomic mass is 16.4. The second-order valence-electron chi connectivity index (χ2n) is 7.92. The van der Waals surface area contributed by atoms with E-state index >= 15 is 0 Å². The maximum atomic E-state index is 10.6. The van der Waals surface area contributed by atoms with Crippen molar-refractivity contribution in [2.24, 2.45) is 5.92 Å². The van der Waals surface area contributed by atoms with Gasteiger partial charge in [0.2, 0.25) is 0 Å². The van der Waals surface area contributed by atoms with Gasteiger partial charge < -0.3 is 46.0 Å². The Morgan fingerprint density at radius 3 is 1.34 bits per heavy atom. The van der Waals surface area contributed by atoms with Crippen LogP contribution in [0.3, 0.4) is 0 Å². The maximum Gasteiger partial charge on any atom is 0.321 e. The number of carboxylic acid groups (broad SMARTS) is 9. The number of likely N-dealkylation sites (N-methyl/N-ethyl adjacent to an activating group) is 1. The Kier molecular flexibility index (Phi) is 21.8. The van der Waals surface area contributed by atoms with Crippen LogP contribution < -0.4 is 5.32 Å². The Balaban J connectivity index is -0.000000529. The molecule has 0 aromatic heterocycles. The minimum atomic E-state index is -1.35. The third kappa shape index (κ3) is 26.5. The van der Waals surface area contributed by atoms with Gasteiger partial charge in [0.15, 0.2) is 0 Å². The summed E-state index contributed by atoms with van der Waals surface area (Å²) in [5, 5.41) is 77.7. The zero-order valence-corrected chi connectivity index (χ0v) is 21.5. The molecule has 0 heterocycles. The number of nitrogens with one attached hydrogen (secondary N) is 1. The molecule has 0 amide bonds. The molecule has 0 aliphatic heterocycles. The molecule has 0 radical (unpaired) electrons. The number of hydrogen-bond donors (Lipinski definition) is 10. The van der Waals surface area contributed by atoms with Crippen molar-refractivity contribution in [3.63, 3.8) is 0 Å². The number of hydrogen-bond acceptors (Lipinski definition) is 11. The van der Waals surface area contributed by atoms with E-state index in [2.05, 4.69) is 5.32 Å². The normalized spacial score (nSPS) is 12.1. The molecule has 0 fully saturated rings. The van der Waals surface area contributed by atoms with Gasteiger partial charge in [-0.3, -0.25) is 53.4 Å². The zero-order valence-electron chi connectivity index (χ0n) is 21.5. The van der Waals surface area contributed by atoms with E-state index < -0.39 is 97.7 Å². The van der Waals surface area contributed by atoms with E-state index in [1.54, 1.807) is 0 Å². The molecule has 20 heteroatoms. The summed E-state index contributed by atoms with van der Waals surface area (Å²) in [6, 6.07) is -2.45. The van der Waals surface area contributed by atoms with Crippen LogP contribution in [0.2, 0.25) is 0 Å². The molecule has 0 aromatic rings. The number of carboxylic acids is 9. The molecule has 0 aliphatic rings. The fourth-order valence-corrected chi connectivity index (χ4v) is 2.53. The van der Waals surface area contributed by atoms with Gasteiger partial charge in [-0.05, 0) is 19.9 Å². The minimum absolute atomic E-state index is 0.141. The highest BCUT2D eigenvalue weighted by Crippen LogP contribution is 2.11. The first-order chi connectivity index (χ1) is 18.7. The predicted molar refractivity (Wildman–Crippen MR) is 128 cm³/mol. The van der Waals surface area contributed by atoms with Crippen molar-refractivity contribution < 1.29 is 89.1 Å². The van der Waals surface area contributed by atoms with Crippen LogP contribution in [0.1, 0.15) is 38.5 Å². The van der Waals surface area contributed by atoms with Gasteiger partial charge in [-0.15, -0.1) is 0 Å². The molecule has 0 spiro atoms. The van der Waals surface area contributed by atoms with Gasteiger partial charge in [0, 0.05) is 12.8 Å². The summed E-state index contributed by atoms with van der Waals surface area (Å²) >= 11 is 0. The first-order valence-corrected chi connectivity index (χ1v) is 11.1. The molecular formula is C21H32N2O18. The van der Waals surface area contributed by atoms with Crippen molar-refractivity contribution in [1.29, 1.82) is 0 Å². The molecule has 0 aromatic carbocycles. The molecule has 20 nitrogen and oxygen atoms in total. The summed E-state index contributed by atoms with van der Waals surface area (Å²) in [4.78, 5) is 93.3. The van der Waals surface area contributed by atoms with Crippen molar-refractivity contribution >= 4 is 53.7 Å². The number of rotatable bonds is 19. The van der Waals surface area contributed by atoms with E-state index in [0.717, 1.165) is 4.90 Å². The fourth-order valence-electron chi connectivity index (χ4n) is 2.53. The minimum Gasteiger partial charge on any atom is -0.481 e. The van der Waals surface area contributed by atoms with Crippen molar-refractivity contribution in [3.8, 4) is 0 Å². The van der Waals surface area contributed by atoms with Gasteiger partial charge in [-0.2, -0.15) is 0 Å². The van der Waals surface area contributed by atoms with Crippen molar-refractivity contribution in [2.75, 3.05) is 20.1 Å². The lowest BCUT2D eigenvalue weighted by molar-refractivity contribution is -0.151. The summed E-state index contributed by atoms with van der Waals surface area (Å²) in [7, 11) is 1.25. The largest absolute Gasteiger partial charge is 0.481 e. The van der Waals surface area contributed by atoms with E-state index in [1.165, 1.54) is 7.05 Å². The molecule has 234 valence electrons. The molecular weight excluding hydrogens is 568 g/mol. The number of aliphatic carboxylic acids is 9. The monoisotopic (exact) mass is 600 g/mol. The molecule has 0 saturated carbocycles. The van der Waals surface area contributed by atoms with Crippen molar-refractivity contribution in [1.82, 2.24) is 10.2 Å². The Morgan fingerprint density at radius 2 is 1.02 bits per heavy atom. The standard InChI is InChI=1S/2C7H11NO6.C7H10O6/c1-8(3-6(11)12)4(7(13)14)2-5(9)10;9-5(10)2-1-4(7(13)14)8-3-6(11)12;8-5(9)2-1-4(7(12)13)3-6(10)11/h4H,2-3H2,1H3,(H,9,10)(H,11,12)(H,13,14);4,8H,1-3H2,(H,9,10)(H,11,12)(H,13,14);4H,1-3H2,(H,8,9)(H,10,11)(H,12,13). The molecule has 3 atom stereocenters. The Labute approximate surface area is 230 Å². The lowest BCUT2D eigenvalue weighted by atomic mass is 10.00. The first kappa shape index (κ1) is 40.6. The molecule has 0 aliphatic carbocycles. The molecule has 0 rings (SSSR count).